The summed E-state index contributed by atoms with van der Waals surface area (Å²) in [6, 6.07) is 6.37. The fourth-order valence-electron chi connectivity index (χ4n) is 4.09. The third-order valence-electron chi connectivity index (χ3n) is 5.69. The Morgan fingerprint density at radius 3 is 2.76 bits per heavy atom. The second-order valence-corrected chi connectivity index (χ2v) is 7.65. The Bertz CT molecular complexity index is 1380. The first-order chi connectivity index (χ1) is 15.7. The van der Waals surface area contributed by atoms with Gasteiger partial charge in [0.1, 0.15) is 17.0 Å². The highest BCUT2D eigenvalue weighted by atomic mass is 19.1. The van der Waals surface area contributed by atoms with Gasteiger partial charge in [-0.25, -0.2) is 14.2 Å². The fraction of sp³-hybridized carbons (Fsp3) is 0.190. The van der Waals surface area contributed by atoms with E-state index in [9.17, 15) is 23.6 Å². The molecular formula is C21H16FN5O6. The first-order valence-electron chi connectivity index (χ1n) is 9.72. The number of carbonyl (C=O) groups excluding carboxylic acids is 4. The van der Waals surface area contributed by atoms with E-state index in [1.165, 1.54) is 36.3 Å². The van der Waals surface area contributed by atoms with Crippen molar-refractivity contribution in [3.63, 3.8) is 0 Å². The minimum Gasteiger partial charge on any atom is -0.494 e. The number of nitrogens with two attached hydrogens (primary N) is 1. The number of pyridine rings is 1. The van der Waals surface area contributed by atoms with Gasteiger partial charge in [0.2, 0.25) is 0 Å². The molecule has 0 aliphatic carbocycles. The molecule has 0 bridgehead atoms. The van der Waals surface area contributed by atoms with Crippen LogP contribution in [0.4, 0.5) is 9.18 Å². The highest BCUT2D eigenvalue weighted by Crippen LogP contribution is 2.36. The SMILES string of the molecule is COc1ccc2c(c1F)C(=O)N(CC1(c3cc4nc(C(N)=O)ccc4o3)NC(=O)NC1=O)C2. The number of rotatable bonds is 5. The molecule has 5 rings (SSSR count). The summed E-state index contributed by atoms with van der Waals surface area (Å²) in [6.45, 7) is -0.341. The summed E-state index contributed by atoms with van der Waals surface area (Å²) in [4.78, 5) is 54.8. The zero-order valence-corrected chi connectivity index (χ0v) is 17.1. The number of halogens is 1. The summed E-state index contributed by atoms with van der Waals surface area (Å²) in [5, 5.41) is 4.66. The smallest absolute Gasteiger partial charge is 0.322 e. The number of benzene rings is 1. The van der Waals surface area contributed by atoms with E-state index in [1.807, 2.05) is 0 Å². The molecule has 33 heavy (non-hydrogen) atoms. The molecule has 2 aromatic heterocycles. The molecule has 1 fully saturated rings. The number of ether oxygens (including phenoxy) is 1. The number of nitrogens with zero attached hydrogens (tertiary/aromatic N) is 2. The highest BCUT2D eigenvalue weighted by molar-refractivity contribution is 6.08. The molecule has 0 spiro atoms. The van der Waals surface area contributed by atoms with Crippen molar-refractivity contribution in [3.8, 4) is 5.75 Å². The van der Waals surface area contributed by atoms with Crippen LogP contribution in [0.2, 0.25) is 0 Å². The van der Waals surface area contributed by atoms with Gasteiger partial charge in [0.05, 0.1) is 19.2 Å². The summed E-state index contributed by atoms with van der Waals surface area (Å²) in [7, 11) is 1.29. The lowest BCUT2D eigenvalue weighted by Crippen LogP contribution is -2.52. The Balaban J connectivity index is 1.56. The molecule has 4 heterocycles. The predicted octanol–water partition coefficient (Wildman–Crippen LogP) is 0.765. The molecule has 0 saturated carbocycles. The zero-order valence-electron chi connectivity index (χ0n) is 17.1. The standard InChI is InChI=1S/C21H16FN5O6/c1-32-13-4-2-9-7-27(18(29)15(9)16(13)22)8-21(19(30)25-20(31)26-21)14-6-11-12(33-14)5-3-10(24-11)17(23)28/h2-6H,7-8H2,1H3,(H2,23,28)(H2,25,26,30,31). The molecule has 3 aromatic rings. The van der Waals surface area contributed by atoms with Crippen molar-refractivity contribution in [3.05, 3.63) is 58.7 Å². The second-order valence-electron chi connectivity index (χ2n) is 7.65. The summed E-state index contributed by atoms with van der Waals surface area (Å²) >= 11 is 0. The average Bonchev–Trinajstić information content (AvgIpc) is 3.42. The molecule has 1 atom stereocenters. The van der Waals surface area contributed by atoms with Crippen LogP contribution in [0.1, 0.15) is 32.2 Å². The van der Waals surface area contributed by atoms with Gasteiger partial charge in [-0.15, -0.1) is 0 Å². The third-order valence-corrected chi connectivity index (χ3v) is 5.69. The van der Waals surface area contributed by atoms with Crippen molar-refractivity contribution < 1.29 is 32.7 Å². The van der Waals surface area contributed by atoms with E-state index < -0.39 is 35.1 Å². The van der Waals surface area contributed by atoms with Crippen LogP contribution in [-0.2, 0) is 16.9 Å². The second kappa shape index (κ2) is 7.02. The molecule has 0 radical (unpaired) electrons. The lowest BCUT2D eigenvalue weighted by molar-refractivity contribution is -0.125. The van der Waals surface area contributed by atoms with E-state index in [0.717, 1.165) is 0 Å². The van der Waals surface area contributed by atoms with Crippen molar-refractivity contribution in [1.82, 2.24) is 20.5 Å². The van der Waals surface area contributed by atoms with Crippen LogP contribution in [0.25, 0.3) is 11.1 Å². The molecule has 1 aromatic carbocycles. The Hall–Kier alpha value is -4.48. The van der Waals surface area contributed by atoms with Crippen LogP contribution in [0.15, 0.2) is 34.7 Å². The van der Waals surface area contributed by atoms with E-state index in [1.54, 1.807) is 6.07 Å². The van der Waals surface area contributed by atoms with Gasteiger partial charge in [0.25, 0.3) is 17.7 Å². The molecule has 11 nitrogen and oxygen atoms in total. The number of imide groups is 1. The quantitative estimate of drug-likeness (QED) is 0.482. The minimum absolute atomic E-state index is 0.00425. The van der Waals surface area contributed by atoms with Crippen molar-refractivity contribution in [2.75, 3.05) is 13.7 Å². The van der Waals surface area contributed by atoms with E-state index in [2.05, 4.69) is 15.6 Å². The van der Waals surface area contributed by atoms with Gasteiger partial charge in [-0.3, -0.25) is 19.7 Å². The molecule has 168 valence electrons. The number of primary amides is 1. The molecule has 12 heteroatoms. The summed E-state index contributed by atoms with van der Waals surface area (Å²) < 4.78 is 25.4. The lowest BCUT2D eigenvalue weighted by atomic mass is 9.95. The lowest BCUT2D eigenvalue weighted by Gasteiger charge is -2.28. The van der Waals surface area contributed by atoms with E-state index in [4.69, 9.17) is 14.9 Å². The molecule has 1 unspecified atom stereocenters. The topological polar surface area (TPSA) is 157 Å². The van der Waals surface area contributed by atoms with Gasteiger partial charge >= 0.3 is 6.03 Å². The average molecular weight is 453 g/mol. The minimum atomic E-state index is -1.80. The van der Waals surface area contributed by atoms with Gasteiger partial charge in [0, 0.05) is 12.6 Å². The van der Waals surface area contributed by atoms with Gasteiger partial charge < -0.3 is 25.1 Å². The molecule has 2 aliphatic heterocycles. The predicted molar refractivity (Wildman–Crippen MR) is 109 cm³/mol. The number of aromatic nitrogens is 1. The highest BCUT2D eigenvalue weighted by Gasteiger charge is 2.53. The number of carbonyl (C=O) groups is 4. The Labute approximate surface area is 184 Å². The van der Waals surface area contributed by atoms with Crippen molar-refractivity contribution in [1.29, 1.82) is 0 Å². The number of urea groups is 1. The summed E-state index contributed by atoms with van der Waals surface area (Å²) in [5.74, 6) is -3.08. The largest absolute Gasteiger partial charge is 0.494 e. The van der Waals surface area contributed by atoms with E-state index >= 15 is 0 Å². The van der Waals surface area contributed by atoms with Crippen LogP contribution >= 0.6 is 0 Å². The third kappa shape index (κ3) is 2.98. The van der Waals surface area contributed by atoms with E-state index in [-0.39, 0.29) is 47.0 Å². The molecular weight excluding hydrogens is 437 g/mol. The number of methoxy groups -OCH3 is 1. The number of hydrogen-bond donors (Lipinski definition) is 3. The fourth-order valence-corrected chi connectivity index (χ4v) is 4.09. The van der Waals surface area contributed by atoms with E-state index in [0.29, 0.717) is 5.56 Å². The Morgan fingerprint density at radius 2 is 2.09 bits per heavy atom. The maximum Gasteiger partial charge on any atom is 0.322 e. The van der Waals surface area contributed by atoms with Crippen LogP contribution < -0.4 is 21.1 Å². The first-order valence-corrected chi connectivity index (χ1v) is 9.72. The van der Waals surface area contributed by atoms with Crippen LogP contribution in [0, 0.1) is 5.82 Å². The molecule has 5 amide bonds. The molecule has 2 aliphatic rings. The van der Waals surface area contributed by atoms with Crippen molar-refractivity contribution >= 4 is 34.9 Å². The van der Waals surface area contributed by atoms with Gasteiger partial charge in [0.15, 0.2) is 22.7 Å². The van der Waals surface area contributed by atoms with Crippen molar-refractivity contribution in [2.24, 2.45) is 5.73 Å². The van der Waals surface area contributed by atoms with Crippen LogP contribution in [-0.4, -0.2) is 47.3 Å². The summed E-state index contributed by atoms with van der Waals surface area (Å²) in [6.07, 6.45) is 0. The van der Waals surface area contributed by atoms with Gasteiger partial charge in [-0.05, 0) is 23.8 Å². The monoisotopic (exact) mass is 453 g/mol. The van der Waals surface area contributed by atoms with Crippen LogP contribution in [0.3, 0.4) is 0 Å². The number of fused-ring (bicyclic) bond motifs is 2. The summed E-state index contributed by atoms with van der Waals surface area (Å²) in [5.41, 5.74) is 4.15. The van der Waals surface area contributed by atoms with Crippen LogP contribution in [0.5, 0.6) is 5.75 Å². The zero-order chi connectivity index (χ0) is 23.5. The van der Waals surface area contributed by atoms with Gasteiger partial charge in [-0.2, -0.15) is 0 Å². The van der Waals surface area contributed by atoms with Gasteiger partial charge in [-0.1, -0.05) is 6.07 Å². The normalized spacial score (nSPS) is 19.6. The number of amides is 5. The first kappa shape index (κ1) is 20.4. The maximum absolute atomic E-state index is 14.7. The number of nitrogens with one attached hydrogen (secondary N) is 2. The van der Waals surface area contributed by atoms with Crippen molar-refractivity contribution in [2.45, 2.75) is 12.1 Å². The Kier molecular flexibility index (Phi) is 4.34. The number of furan rings is 1. The number of hydrogen-bond acceptors (Lipinski definition) is 7. The molecule has 4 N–H and O–H groups in total. The maximum atomic E-state index is 14.7. The molecule has 1 saturated heterocycles. The Morgan fingerprint density at radius 1 is 1.30 bits per heavy atom.